The molecule has 158 valence electrons. The number of amides is 1. The van der Waals surface area contributed by atoms with Gasteiger partial charge < -0.3 is 14.6 Å². The number of aromatic nitrogens is 3. The van der Waals surface area contributed by atoms with Gasteiger partial charge in [0.15, 0.2) is 5.69 Å². The molecule has 4 rings (SSSR count). The Hall–Kier alpha value is -2.19. The number of nitrogens with one attached hydrogen (secondary N) is 1. The maximum absolute atomic E-state index is 12.4. The molecule has 0 aliphatic carbocycles. The van der Waals surface area contributed by atoms with Gasteiger partial charge in [-0.1, -0.05) is 12.1 Å². The summed E-state index contributed by atoms with van der Waals surface area (Å²) in [5, 5.41) is 11.5. The number of aryl methyl sites for hydroxylation is 3. The van der Waals surface area contributed by atoms with Crippen LogP contribution in [0.2, 0.25) is 0 Å². The van der Waals surface area contributed by atoms with E-state index in [0.29, 0.717) is 18.8 Å². The number of hydrogen-bond donors (Lipinski definition) is 1. The molecule has 2 aromatic rings. The highest BCUT2D eigenvalue weighted by Gasteiger charge is 2.41. The lowest BCUT2D eigenvalue weighted by Gasteiger charge is -2.43. The Morgan fingerprint density at radius 3 is 2.69 bits per heavy atom. The van der Waals surface area contributed by atoms with Gasteiger partial charge in [0.25, 0.3) is 5.91 Å². The first-order chi connectivity index (χ1) is 13.9. The molecule has 2 aliphatic heterocycles. The summed E-state index contributed by atoms with van der Waals surface area (Å²) in [6.45, 7) is 9.96. The van der Waals surface area contributed by atoms with Gasteiger partial charge in [0.05, 0.1) is 17.9 Å². The zero-order valence-electron chi connectivity index (χ0n) is 17.9. The second-order valence-corrected chi connectivity index (χ2v) is 8.38. The highest BCUT2D eigenvalue weighted by Crippen LogP contribution is 2.37. The van der Waals surface area contributed by atoms with E-state index in [1.165, 1.54) is 5.56 Å². The molecule has 1 spiro atoms. The Balaban J connectivity index is 1.43. The summed E-state index contributed by atoms with van der Waals surface area (Å²) in [6, 6.07) is 0. The molecule has 8 nitrogen and oxygen atoms in total. The predicted molar refractivity (Wildman–Crippen MR) is 108 cm³/mol. The summed E-state index contributed by atoms with van der Waals surface area (Å²) in [5.74, 6) is 0.808. The van der Waals surface area contributed by atoms with Crippen molar-refractivity contribution in [1.82, 2.24) is 25.2 Å². The smallest absolute Gasteiger partial charge is 0.272 e. The van der Waals surface area contributed by atoms with Crippen molar-refractivity contribution in [3.63, 3.8) is 0 Å². The van der Waals surface area contributed by atoms with E-state index in [9.17, 15) is 4.79 Å². The first-order valence-electron chi connectivity index (χ1n) is 10.5. The van der Waals surface area contributed by atoms with Crippen LogP contribution in [0.4, 0.5) is 0 Å². The number of carbonyl (C=O) groups is 1. The number of nitrogens with zero attached hydrogens (tertiary/aromatic N) is 4. The molecule has 0 saturated carbocycles. The molecule has 0 bridgehead atoms. The van der Waals surface area contributed by atoms with E-state index < -0.39 is 0 Å². The standard InChI is InChI=1S/C21H31N5O3/c1-5-8-22-20(27)19-17-13-28-21(11-18(17)25(4)23-19)6-9-26(10-7-21)12-16-14(2)24-29-15(16)3/h5-13H2,1-4H3,(H,22,27). The molecular weight excluding hydrogens is 370 g/mol. The fourth-order valence-electron chi connectivity index (χ4n) is 4.45. The maximum Gasteiger partial charge on any atom is 0.272 e. The Morgan fingerprint density at radius 2 is 2.03 bits per heavy atom. The second kappa shape index (κ2) is 7.91. The number of fused-ring (bicyclic) bond motifs is 1. The quantitative estimate of drug-likeness (QED) is 0.827. The molecule has 29 heavy (non-hydrogen) atoms. The molecule has 2 aromatic heterocycles. The molecule has 1 fully saturated rings. The number of carbonyl (C=O) groups excluding carboxylic acids is 1. The van der Waals surface area contributed by atoms with Crippen LogP contribution < -0.4 is 5.32 Å². The summed E-state index contributed by atoms with van der Waals surface area (Å²) in [5.41, 5.74) is 4.61. The molecule has 1 N–H and O–H groups in total. The van der Waals surface area contributed by atoms with Gasteiger partial charge in [-0.25, -0.2) is 0 Å². The van der Waals surface area contributed by atoms with Crippen LogP contribution in [0, 0.1) is 13.8 Å². The molecule has 0 atom stereocenters. The molecular formula is C21H31N5O3. The summed E-state index contributed by atoms with van der Waals surface area (Å²) < 4.78 is 13.6. The molecule has 2 aliphatic rings. The molecule has 0 unspecified atom stereocenters. The number of piperidine rings is 1. The molecule has 0 aromatic carbocycles. The largest absolute Gasteiger partial charge is 0.370 e. The van der Waals surface area contributed by atoms with Crippen molar-refractivity contribution in [3.8, 4) is 0 Å². The zero-order chi connectivity index (χ0) is 20.6. The first kappa shape index (κ1) is 20.1. The van der Waals surface area contributed by atoms with Crippen molar-refractivity contribution in [2.24, 2.45) is 7.05 Å². The van der Waals surface area contributed by atoms with Crippen molar-refractivity contribution in [1.29, 1.82) is 0 Å². The van der Waals surface area contributed by atoms with Crippen LogP contribution in [-0.2, 0) is 31.4 Å². The second-order valence-electron chi connectivity index (χ2n) is 8.38. The van der Waals surface area contributed by atoms with Gasteiger partial charge in [-0.3, -0.25) is 14.4 Å². The fraction of sp³-hybridized carbons (Fsp3) is 0.667. The SMILES string of the molecule is CCCNC(=O)c1nn(C)c2c1COC1(CCN(Cc3c(C)noc3C)CC1)C2. The summed E-state index contributed by atoms with van der Waals surface area (Å²) >= 11 is 0. The van der Waals surface area contributed by atoms with Crippen LogP contribution in [0.3, 0.4) is 0 Å². The maximum atomic E-state index is 12.4. The van der Waals surface area contributed by atoms with Crippen LogP contribution >= 0.6 is 0 Å². The van der Waals surface area contributed by atoms with Gasteiger partial charge >= 0.3 is 0 Å². The number of ether oxygens (including phenoxy) is 1. The van der Waals surface area contributed by atoms with Gasteiger partial charge in [-0.05, 0) is 33.1 Å². The third-order valence-corrected chi connectivity index (χ3v) is 6.37. The minimum Gasteiger partial charge on any atom is -0.370 e. The molecule has 1 saturated heterocycles. The van der Waals surface area contributed by atoms with Crippen molar-refractivity contribution < 1.29 is 14.1 Å². The van der Waals surface area contributed by atoms with E-state index >= 15 is 0 Å². The average molecular weight is 402 g/mol. The summed E-state index contributed by atoms with van der Waals surface area (Å²) in [4.78, 5) is 14.9. The van der Waals surface area contributed by atoms with Crippen LogP contribution in [0.5, 0.6) is 0 Å². The van der Waals surface area contributed by atoms with Gasteiger partial charge in [0, 0.05) is 56.5 Å². The average Bonchev–Trinajstić information content (AvgIpc) is 3.21. The van der Waals surface area contributed by atoms with Gasteiger partial charge in [-0.15, -0.1) is 0 Å². The van der Waals surface area contributed by atoms with Crippen molar-refractivity contribution in [2.75, 3.05) is 19.6 Å². The minimum absolute atomic E-state index is 0.0995. The fourth-order valence-corrected chi connectivity index (χ4v) is 4.45. The highest BCUT2D eigenvalue weighted by molar-refractivity contribution is 5.94. The minimum atomic E-state index is -0.160. The summed E-state index contributed by atoms with van der Waals surface area (Å²) in [7, 11) is 1.93. The third-order valence-electron chi connectivity index (χ3n) is 6.37. The number of likely N-dealkylation sites (tertiary alicyclic amines) is 1. The predicted octanol–water partition coefficient (Wildman–Crippen LogP) is 2.27. The van der Waals surface area contributed by atoms with E-state index in [-0.39, 0.29) is 11.5 Å². The normalized spacial score (nSPS) is 18.8. The Kier molecular flexibility index (Phi) is 5.48. The van der Waals surface area contributed by atoms with E-state index in [4.69, 9.17) is 9.26 Å². The Bertz CT molecular complexity index is 873. The van der Waals surface area contributed by atoms with E-state index in [1.54, 1.807) is 0 Å². The Labute approximate surface area is 171 Å². The van der Waals surface area contributed by atoms with Crippen LogP contribution in [0.25, 0.3) is 0 Å². The highest BCUT2D eigenvalue weighted by atomic mass is 16.5. The van der Waals surface area contributed by atoms with Crippen molar-refractivity contribution in [2.45, 2.75) is 65.2 Å². The van der Waals surface area contributed by atoms with Crippen molar-refractivity contribution >= 4 is 5.91 Å². The molecule has 1 amide bonds. The van der Waals surface area contributed by atoms with Crippen molar-refractivity contribution in [3.05, 3.63) is 34.0 Å². The van der Waals surface area contributed by atoms with E-state index in [1.807, 2.05) is 32.5 Å². The van der Waals surface area contributed by atoms with Gasteiger partial charge in [0.1, 0.15) is 5.76 Å². The van der Waals surface area contributed by atoms with Gasteiger partial charge in [-0.2, -0.15) is 5.10 Å². The number of hydrogen-bond acceptors (Lipinski definition) is 6. The lowest BCUT2D eigenvalue weighted by Crippen LogP contribution is -2.49. The van der Waals surface area contributed by atoms with Crippen LogP contribution in [-0.4, -0.2) is 51.0 Å². The topological polar surface area (TPSA) is 85.4 Å². The lowest BCUT2D eigenvalue weighted by molar-refractivity contribution is -0.104. The Morgan fingerprint density at radius 1 is 1.28 bits per heavy atom. The molecule has 8 heteroatoms. The number of rotatable bonds is 5. The van der Waals surface area contributed by atoms with Crippen LogP contribution in [0.1, 0.15) is 64.9 Å². The van der Waals surface area contributed by atoms with Crippen LogP contribution in [0.15, 0.2) is 4.52 Å². The first-order valence-corrected chi connectivity index (χ1v) is 10.5. The lowest BCUT2D eigenvalue weighted by atomic mass is 9.83. The monoisotopic (exact) mass is 401 g/mol. The van der Waals surface area contributed by atoms with E-state index in [0.717, 1.165) is 68.0 Å². The van der Waals surface area contributed by atoms with Gasteiger partial charge in [0.2, 0.25) is 0 Å². The third kappa shape index (κ3) is 3.83. The summed E-state index contributed by atoms with van der Waals surface area (Å²) in [6.07, 6.45) is 3.66. The molecule has 0 radical (unpaired) electrons. The zero-order valence-corrected chi connectivity index (χ0v) is 17.9. The molecule has 4 heterocycles. The van der Waals surface area contributed by atoms with E-state index in [2.05, 4.69) is 20.5 Å².